The zero-order chi connectivity index (χ0) is 13.0. The first-order valence-electron chi connectivity index (χ1n) is 7.20. The van der Waals surface area contributed by atoms with Crippen LogP contribution in [0.25, 0.3) is 0 Å². The number of rotatable bonds is 6. The number of hydrogen-bond donors (Lipinski definition) is 0. The lowest BCUT2D eigenvalue weighted by Gasteiger charge is -2.36. The van der Waals surface area contributed by atoms with E-state index in [-0.39, 0.29) is 0 Å². The van der Waals surface area contributed by atoms with E-state index in [1.54, 1.807) is 0 Å². The molecule has 0 saturated heterocycles. The van der Waals surface area contributed by atoms with Crippen molar-refractivity contribution in [3.63, 3.8) is 0 Å². The van der Waals surface area contributed by atoms with Crippen molar-refractivity contribution in [2.45, 2.75) is 62.3 Å². The standard InChI is InChI=1S/C16H34/c1-10(2)12(5)14(7)16(9)15(8)13(6)11(3)4/h10-16H,1-9H3/t12?,13?,14-,15+,16?. The van der Waals surface area contributed by atoms with Gasteiger partial charge in [0.15, 0.2) is 0 Å². The molecule has 0 aromatic rings. The molecule has 0 spiro atoms. The van der Waals surface area contributed by atoms with Gasteiger partial charge in [-0.1, -0.05) is 62.3 Å². The Morgan fingerprint density at radius 1 is 0.312 bits per heavy atom. The average molecular weight is 226 g/mol. The van der Waals surface area contributed by atoms with Crippen LogP contribution in [0.1, 0.15) is 62.3 Å². The first-order valence-corrected chi connectivity index (χ1v) is 7.20. The molecular weight excluding hydrogens is 192 g/mol. The molecule has 16 heavy (non-hydrogen) atoms. The maximum absolute atomic E-state index is 2.45. The van der Waals surface area contributed by atoms with Crippen molar-refractivity contribution in [2.75, 3.05) is 0 Å². The Kier molecular flexibility index (Phi) is 6.67. The molecule has 0 saturated carbocycles. The maximum atomic E-state index is 2.45. The fourth-order valence-corrected chi connectivity index (χ4v) is 2.65. The Balaban J connectivity index is 4.48. The Bertz CT molecular complexity index is 160. The van der Waals surface area contributed by atoms with Gasteiger partial charge in [0.2, 0.25) is 0 Å². The second-order valence-electron chi connectivity index (χ2n) is 6.78. The second-order valence-corrected chi connectivity index (χ2v) is 6.78. The highest BCUT2D eigenvalue weighted by atomic mass is 14.3. The Morgan fingerprint density at radius 3 is 0.688 bits per heavy atom. The molecule has 0 aliphatic carbocycles. The van der Waals surface area contributed by atoms with Crippen LogP contribution < -0.4 is 0 Å². The smallest absolute Gasteiger partial charge is 0.0386 e. The predicted octanol–water partition coefficient (Wildman–Crippen LogP) is 5.48. The lowest BCUT2D eigenvalue weighted by Crippen LogP contribution is -2.30. The summed E-state index contributed by atoms with van der Waals surface area (Å²) in [4.78, 5) is 0. The number of hydrogen-bond acceptors (Lipinski definition) is 0. The van der Waals surface area contributed by atoms with E-state index < -0.39 is 0 Å². The Morgan fingerprint density at radius 2 is 0.500 bits per heavy atom. The van der Waals surface area contributed by atoms with Gasteiger partial charge < -0.3 is 0 Å². The summed E-state index contributed by atoms with van der Waals surface area (Å²) >= 11 is 0. The molecule has 0 bridgehead atoms. The molecule has 0 aliphatic heterocycles. The molecule has 0 rings (SSSR count). The average Bonchev–Trinajstić information content (AvgIpc) is 2.23. The van der Waals surface area contributed by atoms with Gasteiger partial charge in [0.25, 0.3) is 0 Å². The summed E-state index contributed by atoms with van der Waals surface area (Å²) in [6.07, 6.45) is 0. The van der Waals surface area contributed by atoms with E-state index in [1.807, 2.05) is 0 Å². The Labute approximate surface area is 104 Å². The molecule has 0 heterocycles. The lowest BCUT2D eigenvalue weighted by molar-refractivity contribution is 0.126. The van der Waals surface area contributed by atoms with E-state index in [2.05, 4.69) is 62.3 Å². The monoisotopic (exact) mass is 226 g/mol. The fourth-order valence-electron chi connectivity index (χ4n) is 2.65. The highest BCUT2D eigenvalue weighted by molar-refractivity contribution is 4.78. The molecule has 0 amide bonds. The van der Waals surface area contributed by atoms with Gasteiger partial charge >= 0.3 is 0 Å². The van der Waals surface area contributed by atoms with Gasteiger partial charge in [-0.25, -0.2) is 0 Å². The third-order valence-electron chi connectivity index (χ3n) is 5.42. The third kappa shape index (κ3) is 4.11. The minimum Gasteiger partial charge on any atom is -0.0625 e. The minimum atomic E-state index is 0.805. The van der Waals surface area contributed by atoms with Crippen LogP contribution in [0, 0.1) is 41.4 Å². The summed E-state index contributed by atoms with van der Waals surface area (Å²) in [5.41, 5.74) is 0. The summed E-state index contributed by atoms with van der Waals surface area (Å²) in [7, 11) is 0. The molecule has 0 aromatic heterocycles. The second kappa shape index (κ2) is 6.67. The van der Waals surface area contributed by atoms with Crippen molar-refractivity contribution in [1.82, 2.24) is 0 Å². The molecule has 0 radical (unpaired) electrons. The highest BCUT2D eigenvalue weighted by Gasteiger charge is 2.29. The SMILES string of the molecule is CC(C)C(C)[C@@H](C)C(C)[C@@H](C)C(C)C(C)C. The first-order chi connectivity index (χ1) is 7.20. The van der Waals surface area contributed by atoms with Crippen LogP contribution in [0.5, 0.6) is 0 Å². The molecule has 98 valence electrons. The van der Waals surface area contributed by atoms with E-state index in [1.165, 1.54) is 0 Å². The molecule has 0 heteroatoms. The van der Waals surface area contributed by atoms with Crippen LogP contribution in [-0.4, -0.2) is 0 Å². The fraction of sp³-hybridized carbons (Fsp3) is 1.00. The summed E-state index contributed by atoms with van der Waals surface area (Å²) < 4.78 is 0. The summed E-state index contributed by atoms with van der Waals surface area (Å²) in [6, 6.07) is 0. The van der Waals surface area contributed by atoms with Gasteiger partial charge in [-0.05, 0) is 41.4 Å². The Hall–Kier alpha value is 0. The van der Waals surface area contributed by atoms with Gasteiger partial charge in [-0.2, -0.15) is 0 Å². The van der Waals surface area contributed by atoms with Crippen LogP contribution in [0.4, 0.5) is 0 Å². The molecule has 5 atom stereocenters. The molecule has 0 fully saturated rings. The van der Waals surface area contributed by atoms with Gasteiger partial charge in [0.05, 0.1) is 0 Å². The van der Waals surface area contributed by atoms with Crippen molar-refractivity contribution < 1.29 is 0 Å². The van der Waals surface area contributed by atoms with Crippen LogP contribution in [0.2, 0.25) is 0 Å². The van der Waals surface area contributed by atoms with Crippen molar-refractivity contribution in [3.05, 3.63) is 0 Å². The quantitative estimate of drug-likeness (QED) is 0.562. The molecule has 0 N–H and O–H groups in total. The highest BCUT2D eigenvalue weighted by Crippen LogP contribution is 2.36. The largest absolute Gasteiger partial charge is 0.0625 e. The normalized spacial score (nSPS) is 21.9. The van der Waals surface area contributed by atoms with E-state index >= 15 is 0 Å². The first kappa shape index (κ1) is 16.0. The third-order valence-corrected chi connectivity index (χ3v) is 5.42. The van der Waals surface area contributed by atoms with E-state index in [0.29, 0.717) is 0 Å². The minimum absolute atomic E-state index is 0.805. The zero-order valence-corrected chi connectivity index (χ0v) is 13.0. The van der Waals surface area contributed by atoms with Gasteiger partial charge in [-0.3, -0.25) is 0 Å². The summed E-state index contributed by atoms with van der Waals surface area (Å²) in [5, 5.41) is 0. The van der Waals surface area contributed by atoms with E-state index in [0.717, 1.165) is 41.4 Å². The molecule has 0 nitrogen and oxygen atoms in total. The predicted molar refractivity (Wildman–Crippen MR) is 75.5 cm³/mol. The molecule has 0 aromatic carbocycles. The summed E-state index contributed by atoms with van der Waals surface area (Å²) in [5.74, 6) is 5.76. The van der Waals surface area contributed by atoms with Crippen molar-refractivity contribution in [3.8, 4) is 0 Å². The maximum Gasteiger partial charge on any atom is -0.0386 e. The van der Waals surface area contributed by atoms with Crippen LogP contribution in [0.15, 0.2) is 0 Å². The van der Waals surface area contributed by atoms with Crippen molar-refractivity contribution in [2.24, 2.45) is 41.4 Å². The lowest BCUT2D eigenvalue weighted by atomic mass is 9.69. The van der Waals surface area contributed by atoms with Crippen LogP contribution in [-0.2, 0) is 0 Å². The van der Waals surface area contributed by atoms with Crippen LogP contribution in [0.3, 0.4) is 0 Å². The van der Waals surface area contributed by atoms with Gasteiger partial charge in [0.1, 0.15) is 0 Å². The topological polar surface area (TPSA) is 0 Å². The molecule has 0 aliphatic rings. The van der Waals surface area contributed by atoms with E-state index in [9.17, 15) is 0 Å². The van der Waals surface area contributed by atoms with E-state index in [4.69, 9.17) is 0 Å². The molecular formula is C16H34. The molecule has 3 unspecified atom stereocenters. The van der Waals surface area contributed by atoms with Crippen molar-refractivity contribution >= 4 is 0 Å². The summed E-state index contributed by atoms with van der Waals surface area (Å²) in [6.45, 7) is 21.6. The van der Waals surface area contributed by atoms with Gasteiger partial charge in [0, 0.05) is 0 Å². The zero-order valence-electron chi connectivity index (χ0n) is 13.0. The van der Waals surface area contributed by atoms with Gasteiger partial charge in [-0.15, -0.1) is 0 Å². The van der Waals surface area contributed by atoms with Crippen LogP contribution >= 0.6 is 0 Å². The van der Waals surface area contributed by atoms with Crippen molar-refractivity contribution in [1.29, 1.82) is 0 Å².